The summed E-state index contributed by atoms with van der Waals surface area (Å²) in [7, 11) is 0. The van der Waals surface area contributed by atoms with Crippen molar-refractivity contribution in [3.8, 4) is 11.3 Å². The number of carbonyl (C=O) groups is 2. The van der Waals surface area contributed by atoms with Crippen LogP contribution in [-0.4, -0.2) is 45.6 Å². The molecule has 0 radical (unpaired) electrons. The first kappa shape index (κ1) is 36.6. The van der Waals surface area contributed by atoms with E-state index in [4.69, 9.17) is 14.0 Å². The summed E-state index contributed by atoms with van der Waals surface area (Å²) < 4.78 is 17.7. The third-order valence-electron chi connectivity index (χ3n) is 13.8. The van der Waals surface area contributed by atoms with Crippen molar-refractivity contribution < 1.29 is 33.8 Å². The van der Waals surface area contributed by atoms with Gasteiger partial charge < -0.3 is 24.2 Å². The fourth-order valence-electron chi connectivity index (χ4n) is 11.2. The average Bonchev–Trinajstić information content (AvgIpc) is 3.63. The van der Waals surface area contributed by atoms with E-state index in [9.17, 15) is 19.8 Å². The van der Waals surface area contributed by atoms with Crippen molar-refractivity contribution in [1.82, 2.24) is 5.16 Å². The van der Waals surface area contributed by atoms with Crippen LogP contribution in [0.3, 0.4) is 0 Å². The molecule has 1 aromatic carbocycles. The number of aromatic nitrogens is 1. The van der Waals surface area contributed by atoms with Gasteiger partial charge in [-0.2, -0.15) is 0 Å². The van der Waals surface area contributed by atoms with Gasteiger partial charge in [0.1, 0.15) is 11.8 Å². The van der Waals surface area contributed by atoms with Gasteiger partial charge in [-0.25, -0.2) is 4.79 Å². The lowest BCUT2D eigenvalue weighted by molar-refractivity contribution is -0.234. The first-order valence-electron chi connectivity index (χ1n) is 18.7. The molecule has 272 valence electrons. The summed E-state index contributed by atoms with van der Waals surface area (Å²) in [6.07, 6.45) is 6.28. The van der Waals surface area contributed by atoms with Crippen LogP contribution in [0.5, 0.6) is 0 Å². The molecule has 8 heteroatoms. The molecule has 2 N–H and O–H groups in total. The van der Waals surface area contributed by atoms with Crippen molar-refractivity contribution in [2.75, 3.05) is 0 Å². The Labute approximate surface area is 297 Å². The normalized spacial score (nSPS) is 37.2. The Hall–Kier alpha value is -3.23. The molecule has 0 amide bonds. The molecule has 0 aliphatic heterocycles. The number of rotatable bonds is 8. The maximum atomic E-state index is 14.3. The minimum atomic E-state index is -0.594. The summed E-state index contributed by atoms with van der Waals surface area (Å²) >= 11 is 0. The molecule has 10 atom stereocenters. The predicted octanol–water partition coefficient (Wildman–Crippen LogP) is 8.29. The van der Waals surface area contributed by atoms with Crippen molar-refractivity contribution in [2.45, 2.75) is 132 Å². The lowest BCUT2D eigenvalue weighted by atomic mass is 9.36. The second kappa shape index (κ2) is 13.7. The third-order valence-corrected chi connectivity index (χ3v) is 13.8. The maximum Gasteiger partial charge on any atom is 0.334 e. The van der Waals surface area contributed by atoms with Gasteiger partial charge in [-0.1, -0.05) is 74.3 Å². The zero-order valence-corrected chi connectivity index (χ0v) is 31.3. The zero-order valence-electron chi connectivity index (χ0n) is 31.3. The number of hydrogen-bond donors (Lipinski definition) is 2. The highest BCUT2D eigenvalue weighted by Gasteiger charge is 2.70. The molecule has 1 heterocycles. The number of aliphatic hydroxyl groups excluding tert-OH is 2. The van der Waals surface area contributed by atoms with Crippen LogP contribution in [0.15, 0.2) is 57.7 Å². The van der Waals surface area contributed by atoms with Gasteiger partial charge in [-0.15, -0.1) is 0 Å². The van der Waals surface area contributed by atoms with Crippen molar-refractivity contribution >= 4 is 11.9 Å². The van der Waals surface area contributed by atoms with Crippen LogP contribution in [0.2, 0.25) is 0 Å². The van der Waals surface area contributed by atoms with Gasteiger partial charge >= 0.3 is 11.9 Å². The number of ether oxygens (including phenoxy) is 2. The van der Waals surface area contributed by atoms with E-state index in [1.807, 2.05) is 45.0 Å². The Morgan fingerprint density at radius 2 is 1.74 bits per heavy atom. The van der Waals surface area contributed by atoms with Gasteiger partial charge in [-0.05, 0) is 118 Å². The van der Waals surface area contributed by atoms with Gasteiger partial charge in [0.15, 0.2) is 12.4 Å². The highest BCUT2D eigenvalue weighted by Crippen LogP contribution is 2.74. The monoisotopic (exact) mass is 687 g/mol. The van der Waals surface area contributed by atoms with Crippen LogP contribution in [0.4, 0.5) is 0 Å². The van der Waals surface area contributed by atoms with E-state index in [2.05, 4.69) is 38.9 Å². The van der Waals surface area contributed by atoms with Crippen LogP contribution in [-0.2, 0) is 25.7 Å². The van der Waals surface area contributed by atoms with Gasteiger partial charge in [0.05, 0.1) is 12.2 Å². The molecule has 4 saturated carbocycles. The summed E-state index contributed by atoms with van der Waals surface area (Å²) in [4.78, 5) is 26.9. The van der Waals surface area contributed by atoms with Crippen LogP contribution in [0.1, 0.15) is 111 Å². The zero-order chi connectivity index (χ0) is 36.2. The molecule has 0 saturated heterocycles. The fraction of sp³-hybridized carbons (Fsp3) is 0.643. The fourth-order valence-corrected chi connectivity index (χ4v) is 11.2. The van der Waals surface area contributed by atoms with Crippen LogP contribution >= 0.6 is 0 Å². The number of benzene rings is 1. The van der Waals surface area contributed by atoms with Crippen molar-refractivity contribution in [1.29, 1.82) is 0 Å². The van der Waals surface area contributed by atoms with Crippen molar-refractivity contribution in [3.05, 3.63) is 64.5 Å². The van der Waals surface area contributed by atoms with E-state index in [-0.39, 0.29) is 52.7 Å². The molecule has 0 unspecified atom stereocenters. The molecular formula is C42H57NO7. The van der Waals surface area contributed by atoms with Gasteiger partial charge in [0.25, 0.3) is 0 Å². The molecule has 4 aliphatic rings. The van der Waals surface area contributed by atoms with Crippen LogP contribution in [0, 0.1) is 46.8 Å². The van der Waals surface area contributed by atoms with E-state index >= 15 is 0 Å². The van der Waals surface area contributed by atoms with Crippen molar-refractivity contribution in [3.63, 3.8) is 0 Å². The molecule has 8 nitrogen and oxygen atoms in total. The number of nitrogens with zero attached hydrogens (tertiary/aromatic N) is 1. The van der Waals surface area contributed by atoms with Crippen molar-refractivity contribution in [2.24, 2.45) is 39.9 Å². The average molecular weight is 688 g/mol. The topological polar surface area (TPSA) is 119 Å². The first-order chi connectivity index (χ1) is 23.6. The number of hydrogen-bond acceptors (Lipinski definition) is 8. The van der Waals surface area contributed by atoms with E-state index in [0.29, 0.717) is 48.6 Å². The molecule has 50 heavy (non-hydrogen) atoms. The Morgan fingerprint density at radius 1 is 1.02 bits per heavy atom. The van der Waals surface area contributed by atoms with E-state index in [0.717, 1.165) is 48.0 Å². The van der Waals surface area contributed by atoms with E-state index < -0.39 is 18.2 Å². The molecule has 0 bridgehead atoms. The molecule has 2 aromatic rings. The Kier molecular flexibility index (Phi) is 10.0. The standard InChI is InChI=1S/C42H57NO7/c1-24(2)10-9-11-30(39(47)48-23-29-20-33(43-50-29)28-14-12-25(3)13-15-28)37-32-21-35(46)38-40(6)18-17-34(45)26(4)31(40)16-19-41(38,7)42(32,8)22-36(37)49-27(5)44/h10,12-15,20,26,31-32,34-36,38,45-46H,9,11,16-19,21-23H2,1-8H3/b37-30-/t26-,31-,32-,34+,35+,36-,38-,40-,41-,42-/m0/s1. The number of fused-ring (bicyclic) bond motifs is 5. The minimum absolute atomic E-state index is 0.0255. The highest BCUT2D eigenvalue weighted by molar-refractivity contribution is 5.90. The number of aryl methyl sites for hydroxylation is 1. The lowest BCUT2D eigenvalue weighted by Gasteiger charge is -2.69. The molecule has 6 rings (SSSR count). The lowest BCUT2D eigenvalue weighted by Crippen LogP contribution is -2.65. The third kappa shape index (κ3) is 6.29. The Bertz CT molecular complexity index is 1650. The Morgan fingerprint density at radius 3 is 2.42 bits per heavy atom. The molecule has 4 fully saturated rings. The number of esters is 2. The van der Waals surface area contributed by atoms with Crippen LogP contribution in [0.25, 0.3) is 11.3 Å². The maximum absolute atomic E-state index is 14.3. The van der Waals surface area contributed by atoms with E-state index in [1.165, 1.54) is 6.92 Å². The summed E-state index contributed by atoms with van der Waals surface area (Å²) in [5.74, 6) is -0.0279. The summed E-state index contributed by atoms with van der Waals surface area (Å²) in [5, 5.41) is 27.3. The summed E-state index contributed by atoms with van der Waals surface area (Å²) in [6, 6.07) is 9.79. The first-order valence-corrected chi connectivity index (χ1v) is 18.7. The summed E-state index contributed by atoms with van der Waals surface area (Å²) in [5.41, 5.74) is 4.50. The van der Waals surface area contributed by atoms with Gasteiger partial charge in [-0.3, -0.25) is 4.79 Å². The summed E-state index contributed by atoms with van der Waals surface area (Å²) in [6.45, 7) is 16.6. The molecular weight excluding hydrogens is 630 g/mol. The number of carbonyl (C=O) groups excluding carboxylic acids is 2. The Balaban J connectivity index is 1.36. The second-order valence-corrected chi connectivity index (χ2v) is 17.0. The quantitative estimate of drug-likeness (QED) is 0.162. The van der Waals surface area contributed by atoms with Gasteiger partial charge in [0, 0.05) is 24.1 Å². The number of aliphatic hydroxyl groups is 2. The largest absolute Gasteiger partial charge is 0.458 e. The van der Waals surface area contributed by atoms with Crippen LogP contribution < -0.4 is 0 Å². The molecule has 1 aromatic heterocycles. The smallest absolute Gasteiger partial charge is 0.334 e. The molecule has 4 aliphatic carbocycles. The van der Waals surface area contributed by atoms with E-state index in [1.54, 1.807) is 6.07 Å². The van der Waals surface area contributed by atoms with Gasteiger partial charge in [0.2, 0.25) is 0 Å². The highest BCUT2D eigenvalue weighted by atomic mass is 16.6. The second-order valence-electron chi connectivity index (χ2n) is 17.0. The SMILES string of the molecule is CC(=O)O[C@H]1C[C@@]2(C)[C@@H](C[C@@H](O)[C@H]3[C@@]4(C)CC[C@@H](O)[C@@H](C)[C@@H]4CC[C@@]32C)/C1=C(\CCC=C(C)C)C(=O)OCc1cc(-c2ccc(C)cc2)no1. The predicted molar refractivity (Wildman–Crippen MR) is 191 cm³/mol. The molecule has 0 spiro atoms. The minimum Gasteiger partial charge on any atom is -0.458 e. The number of allylic oxidation sites excluding steroid dienone is 2.